The molecule has 1 heterocycles. The smallest absolute Gasteiger partial charge is 0.246 e. The van der Waals surface area contributed by atoms with Gasteiger partial charge in [-0.1, -0.05) is 55.9 Å². The van der Waals surface area contributed by atoms with Gasteiger partial charge in [-0.15, -0.1) is 0 Å². The van der Waals surface area contributed by atoms with Crippen molar-refractivity contribution in [3.63, 3.8) is 0 Å². The summed E-state index contributed by atoms with van der Waals surface area (Å²) in [4.78, 5) is 20.7. The SMILES string of the molecule is CCN(CC)C(C(=O)Nc1ccc(Sc2nccn2C)cc1)c1ccccc1. The number of imidazole rings is 1. The van der Waals surface area contributed by atoms with Crippen molar-refractivity contribution in [2.75, 3.05) is 18.4 Å². The quantitative estimate of drug-likeness (QED) is 0.607. The molecule has 0 fully saturated rings. The molecule has 1 unspecified atom stereocenters. The van der Waals surface area contributed by atoms with Crippen LogP contribution < -0.4 is 5.32 Å². The number of hydrogen-bond donors (Lipinski definition) is 1. The third kappa shape index (κ3) is 4.82. The van der Waals surface area contributed by atoms with Gasteiger partial charge >= 0.3 is 0 Å². The Hall–Kier alpha value is -2.57. The Kier molecular flexibility index (Phi) is 6.90. The minimum atomic E-state index is -0.308. The fourth-order valence-electron chi connectivity index (χ4n) is 3.12. The second-order valence-electron chi connectivity index (χ2n) is 6.47. The molecule has 3 rings (SSSR count). The maximum atomic E-state index is 13.1. The van der Waals surface area contributed by atoms with Crippen LogP contribution in [0.25, 0.3) is 0 Å². The summed E-state index contributed by atoms with van der Waals surface area (Å²) in [5.74, 6) is -0.0144. The minimum absolute atomic E-state index is 0.0144. The molecule has 28 heavy (non-hydrogen) atoms. The number of amides is 1. The van der Waals surface area contributed by atoms with Crippen molar-refractivity contribution in [3.05, 3.63) is 72.6 Å². The molecular formula is C22H26N4OS. The van der Waals surface area contributed by atoms with E-state index in [1.165, 1.54) is 0 Å². The zero-order chi connectivity index (χ0) is 19.9. The lowest BCUT2D eigenvalue weighted by Crippen LogP contribution is -2.37. The lowest BCUT2D eigenvalue weighted by molar-refractivity contribution is -0.121. The average molecular weight is 395 g/mol. The predicted octanol–water partition coefficient (Wildman–Crippen LogP) is 4.59. The van der Waals surface area contributed by atoms with Crippen LogP contribution in [0, 0.1) is 0 Å². The van der Waals surface area contributed by atoms with E-state index in [0.717, 1.165) is 34.4 Å². The fraction of sp³-hybridized carbons (Fsp3) is 0.273. The topological polar surface area (TPSA) is 50.2 Å². The van der Waals surface area contributed by atoms with Crippen LogP contribution in [0.15, 0.2) is 77.0 Å². The van der Waals surface area contributed by atoms with Crippen molar-refractivity contribution in [2.24, 2.45) is 7.05 Å². The average Bonchev–Trinajstić information content (AvgIpc) is 3.12. The first-order valence-electron chi connectivity index (χ1n) is 9.47. The highest BCUT2D eigenvalue weighted by Crippen LogP contribution is 2.28. The lowest BCUT2D eigenvalue weighted by atomic mass is 10.0. The number of rotatable bonds is 8. The normalized spacial score (nSPS) is 12.1. The van der Waals surface area contributed by atoms with Gasteiger partial charge in [-0.3, -0.25) is 9.69 Å². The Balaban J connectivity index is 1.73. The van der Waals surface area contributed by atoms with E-state index in [1.807, 2.05) is 72.4 Å². The minimum Gasteiger partial charge on any atom is -0.329 e. The fourth-order valence-corrected chi connectivity index (χ4v) is 3.93. The van der Waals surface area contributed by atoms with Crippen molar-refractivity contribution >= 4 is 23.4 Å². The number of nitrogens with one attached hydrogen (secondary N) is 1. The van der Waals surface area contributed by atoms with Gasteiger partial charge in [0.1, 0.15) is 6.04 Å². The van der Waals surface area contributed by atoms with Gasteiger partial charge in [0.05, 0.1) is 0 Å². The molecule has 0 spiro atoms. The third-order valence-corrected chi connectivity index (χ3v) is 5.73. The Labute approximate surface area is 170 Å². The van der Waals surface area contributed by atoms with E-state index in [-0.39, 0.29) is 11.9 Å². The highest BCUT2D eigenvalue weighted by Gasteiger charge is 2.25. The molecule has 0 saturated carbocycles. The zero-order valence-corrected chi connectivity index (χ0v) is 17.3. The summed E-state index contributed by atoms with van der Waals surface area (Å²) < 4.78 is 1.98. The van der Waals surface area contributed by atoms with Gasteiger partial charge < -0.3 is 9.88 Å². The van der Waals surface area contributed by atoms with Crippen LogP contribution in [0.4, 0.5) is 5.69 Å². The summed E-state index contributed by atoms with van der Waals surface area (Å²) in [6, 6.07) is 17.5. The molecule has 6 heteroatoms. The maximum absolute atomic E-state index is 13.1. The van der Waals surface area contributed by atoms with Crippen molar-refractivity contribution in [1.29, 1.82) is 0 Å². The van der Waals surface area contributed by atoms with Crippen molar-refractivity contribution in [1.82, 2.24) is 14.5 Å². The van der Waals surface area contributed by atoms with E-state index in [2.05, 4.69) is 29.0 Å². The van der Waals surface area contributed by atoms with Gasteiger partial charge in [-0.2, -0.15) is 0 Å². The van der Waals surface area contributed by atoms with Gasteiger partial charge in [-0.25, -0.2) is 4.98 Å². The van der Waals surface area contributed by atoms with Crippen LogP contribution in [-0.2, 0) is 11.8 Å². The van der Waals surface area contributed by atoms with Crippen LogP contribution >= 0.6 is 11.8 Å². The van der Waals surface area contributed by atoms with Gasteiger partial charge in [0.15, 0.2) is 5.16 Å². The first kappa shape index (κ1) is 20.2. The van der Waals surface area contributed by atoms with Crippen LogP contribution in [0.1, 0.15) is 25.5 Å². The summed E-state index contributed by atoms with van der Waals surface area (Å²) >= 11 is 1.59. The number of benzene rings is 2. The van der Waals surface area contributed by atoms with Gasteiger partial charge in [0.25, 0.3) is 0 Å². The number of anilines is 1. The molecule has 1 N–H and O–H groups in total. The molecule has 3 aromatic rings. The van der Waals surface area contributed by atoms with E-state index in [0.29, 0.717) is 0 Å². The number of aryl methyl sites for hydroxylation is 1. The number of carbonyl (C=O) groups is 1. The molecule has 146 valence electrons. The highest BCUT2D eigenvalue weighted by atomic mass is 32.2. The predicted molar refractivity (Wildman–Crippen MR) is 115 cm³/mol. The van der Waals surface area contributed by atoms with Crippen LogP contribution in [0.5, 0.6) is 0 Å². The molecule has 1 atom stereocenters. The molecule has 0 aliphatic carbocycles. The largest absolute Gasteiger partial charge is 0.329 e. The molecule has 0 saturated heterocycles. The molecule has 1 amide bonds. The van der Waals surface area contributed by atoms with E-state index in [1.54, 1.807) is 18.0 Å². The molecule has 1 aromatic heterocycles. The zero-order valence-electron chi connectivity index (χ0n) is 16.5. The monoisotopic (exact) mass is 394 g/mol. The Morgan fingerprint density at radius 2 is 1.79 bits per heavy atom. The first-order chi connectivity index (χ1) is 13.6. The van der Waals surface area contributed by atoms with Crippen molar-refractivity contribution in [3.8, 4) is 0 Å². The molecule has 0 aliphatic heterocycles. The highest BCUT2D eigenvalue weighted by molar-refractivity contribution is 7.99. The van der Waals surface area contributed by atoms with Crippen LogP contribution in [-0.4, -0.2) is 33.4 Å². The van der Waals surface area contributed by atoms with Crippen LogP contribution in [0.2, 0.25) is 0 Å². The van der Waals surface area contributed by atoms with E-state index in [9.17, 15) is 4.79 Å². The Morgan fingerprint density at radius 3 is 2.36 bits per heavy atom. The lowest BCUT2D eigenvalue weighted by Gasteiger charge is -2.29. The van der Waals surface area contributed by atoms with Gasteiger partial charge in [0, 0.05) is 30.0 Å². The maximum Gasteiger partial charge on any atom is 0.246 e. The van der Waals surface area contributed by atoms with E-state index < -0.39 is 0 Å². The summed E-state index contributed by atoms with van der Waals surface area (Å²) in [6.45, 7) is 5.78. The van der Waals surface area contributed by atoms with Crippen molar-refractivity contribution < 1.29 is 4.79 Å². The second-order valence-corrected chi connectivity index (χ2v) is 7.51. The third-order valence-electron chi connectivity index (χ3n) is 4.65. The van der Waals surface area contributed by atoms with Gasteiger partial charge in [-0.05, 0) is 42.9 Å². The van der Waals surface area contributed by atoms with E-state index in [4.69, 9.17) is 0 Å². The number of likely N-dealkylation sites (N-methyl/N-ethyl adjacent to an activating group) is 1. The number of aromatic nitrogens is 2. The summed E-state index contributed by atoms with van der Waals surface area (Å²) in [5, 5.41) is 4.01. The number of nitrogens with zero attached hydrogens (tertiary/aromatic N) is 3. The molecule has 0 bridgehead atoms. The molecule has 5 nitrogen and oxygen atoms in total. The number of carbonyl (C=O) groups excluding carboxylic acids is 1. The van der Waals surface area contributed by atoms with Crippen molar-refractivity contribution in [2.45, 2.75) is 29.9 Å². The summed E-state index contributed by atoms with van der Waals surface area (Å²) in [7, 11) is 1.97. The van der Waals surface area contributed by atoms with E-state index >= 15 is 0 Å². The molecular weight excluding hydrogens is 368 g/mol. The summed E-state index contributed by atoms with van der Waals surface area (Å²) in [5.41, 5.74) is 1.80. The van der Waals surface area contributed by atoms with Gasteiger partial charge in [0.2, 0.25) is 5.91 Å². The standard InChI is InChI=1S/C22H26N4OS/c1-4-26(5-2)20(17-9-7-6-8-10-17)21(27)24-18-11-13-19(14-12-18)28-22-23-15-16-25(22)3/h6-16,20H,4-5H2,1-3H3,(H,24,27). The number of hydrogen-bond acceptors (Lipinski definition) is 4. The first-order valence-corrected chi connectivity index (χ1v) is 10.3. The molecule has 0 aliphatic rings. The Morgan fingerprint density at radius 1 is 1.11 bits per heavy atom. The summed E-state index contributed by atoms with van der Waals surface area (Å²) in [6.07, 6.45) is 3.71. The molecule has 2 aromatic carbocycles. The molecule has 0 radical (unpaired) electrons. The van der Waals surface area contributed by atoms with Crippen LogP contribution in [0.3, 0.4) is 0 Å². The Bertz CT molecular complexity index is 888. The second kappa shape index (κ2) is 9.57.